The topological polar surface area (TPSA) is 63.3 Å². The fourth-order valence-corrected chi connectivity index (χ4v) is 3.53. The maximum absolute atomic E-state index is 12.6. The largest absolute Gasteiger partial charge is 0.497 e. The zero-order valence-electron chi connectivity index (χ0n) is 17.5. The molecule has 0 spiro atoms. The normalized spacial score (nSPS) is 15.5. The van der Waals surface area contributed by atoms with E-state index < -0.39 is 0 Å². The van der Waals surface area contributed by atoms with Gasteiger partial charge in [-0.25, -0.2) is 0 Å². The molecule has 1 aliphatic heterocycles. The predicted octanol–water partition coefficient (Wildman–Crippen LogP) is 2.86. The highest BCUT2D eigenvalue weighted by atomic mass is 16.5. The van der Waals surface area contributed by atoms with E-state index in [1.807, 2.05) is 30.1 Å². The molecule has 0 fully saturated rings. The van der Waals surface area contributed by atoms with Gasteiger partial charge >= 0.3 is 0 Å². The number of anilines is 2. The number of nitrogens with zero attached hydrogens (tertiary/aromatic N) is 2. The van der Waals surface area contributed by atoms with Gasteiger partial charge in [0.1, 0.15) is 23.4 Å². The van der Waals surface area contributed by atoms with Crippen LogP contribution in [0, 0.1) is 0 Å². The quantitative estimate of drug-likeness (QED) is 0.737. The third kappa shape index (κ3) is 5.12. The van der Waals surface area contributed by atoms with Crippen molar-refractivity contribution in [1.29, 1.82) is 0 Å². The fraction of sp³-hybridized carbons (Fsp3) is 0.409. The number of carbonyl (C=O) groups excluding carboxylic acids is 1. The van der Waals surface area contributed by atoms with E-state index in [-0.39, 0.29) is 18.6 Å². The monoisotopic (exact) mass is 399 g/mol. The van der Waals surface area contributed by atoms with Crippen LogP contribution in [-0.2, 0) is 4.79 Å². The number of hydrogen-bond acceptors (Lipinski definition) is 6. The average Bonchev–Trinajstić information content (AvgIpc) is 2.72. The smallest absolute Gasteiger partial charge is 0.238 e. The van der Waals surface area contributed by atoms with E-state index in [4.69, 9.17) is 14.2 Å². The van der Waals surface area contributed by atoms with Crippen LogP contribution in [0.2, 0.25) is 0 Å². The number of nitrogens with one attached hydrogen (secondary N) is 1. The van der Waals surface area contributed by atoms with E-state index in [1.54, 1.807) is 32.4 Å². The first-order valence-electron chi connectivity index (χ1n) is 9.75. The maximum Gasteiger partial charge on any atom is 0.238 e. The number of likely N-dealkylation sites (N-methyl/N-ethyl adjacent to an activating group) is 2. The molecule has 1 amide bonds. The summed E-state index contributed by atoms with van der Waals surface area (Å²) >= 11 is 0. The van der Waals surface area contributed by atoms with Gasteiger partial charge in [-0.2, -0.15) is 0 Å². The third-order valence-corrected chi connectivity index (χ3v) is 4.91. The van der Waals surface area contributed by atoms with Crippen molar-refractivity contribution in [2.24, 2.45) is 0 Å². The molecule has 1 N–H and O–H groups in total. The number of para-hydroxylation sites is 2. The Balaban J connectivity index is 1.58. The molecule has 2 aromatic carbocycles. The molecule has 0 saturated carbocycles. The highest BCUT2D eigenvalue weighted by molar-refractivity contribution is 5.94. The first-order chi connectivity index (χ1) is 14.0. The van der Waals surface area contributed by atoms with Gasteiger partial charge in [0, 0.05) is 19.2 Å². The Morgan fingerprint density at radius 1 is 1.24 bits per heavy atom. The summed E-state index contributed by atoms with van der Waals surface area (Å²) in [5.74, 6) is 2.02. The molecular formula is C22H29N3O4. The summed E-state index contributed by atoms with van der Waals surface area (Å²) in [6.45, 7) is 4.74. The number of methoxy groups -OCH3 is 2. The molecule has 2 aromatic rings. The van der Waals surface area contributed by atoms with E-state index >= 15 is 0 Å². The molecule has 0 bridgehead atoms. The van der Waals surface area contributed by atoms with Gasteiger partial charge in [0.25, 0.3) is 0 Å². The molecule has 156 valence electrons. The molecule has 1 heterocycles. The summed E-state index contributed by atoms with van der Waals surface area (Å²) in [6.07, 6.45) is -0.00555. The van der Waals surface area contributed by atoms with Crippen molar-refractivity contribution in [1.82, 2.24) is 4.90 Å². The van der Waals surface area contributed by atoms with Gasteiger partial charge in [-0.1, -0.05) is 12.1 Å². The van der Waals surface area contributed by atoms with Crippen LogP contribution in [0.15, 0.2) is 42.5 Å². The third-order valence-electron chi connectivity index (χ3n) is 4.91. The van der Waals surface area contributed by atoms with Crippen molar-refractivity contribution in [3.05, 3.63) is 42.5 Å². The fourth-order valence-electron chi connectivity index (χ4n) is 3.53. The summed E-state index contributed by atoms with van der Waals surface area (Å²) in [4.78, 5) is 16.8. The van der Waals surface area contributed by atoms with Crippen molar-refractivity contribution in [3.8, 4) is 17.2 Å². The zero-order chi connectivity index (χ0) is 20.8. The summed E-state index contributed by atoms with van der Waals surface area (Å²) in [5, 5.41) is 2.90. The minimum atomic E-state index is -0.123. The number of benzene rings is 2. The van der Waals surface area contributed by atoms with Crippen molar-refractivity contribution >= 4 is 17.3 Å². The predicted molar refractivity (Wildman–Crippen MR) is 114 cm³/mol. The molecule has 1 aliphatic rings. The molecule has 1 unspecified atom stereocenters. The summed E-state index contributed by atoms with van der Waals surface area (Å²) in [6, 6.07) is 13.4. The van der Waals surface area contributed by atoms with Crippen molar-refractivity contribution in [2.45, 2.75) is 13.0 Å². The summed E-state index contributed by atoms with van der Waals surface area (Å²) in [7, 11) is 5.08. The van der Waals surface area contributed by atoms with Gasteiger partial charge in [-0.05, 0) is 38.2 Å². The molecule has 1 atom stereocenters. The molecule has 0 aliphatic carbocycles. The van der Waals surface area contributed by atoms with Crippen LogP contribution in [0.1, 0.15) is 6.92 Å². The number of fused-ring (bicyclic) bond motifs is 1. The Kier molecular flexibility index (Phi) is 6.82. The van der Waals surface area contributed by atoms with Crippen LogP contribution in [-0.4, -0.2) is 64.4 Å². The minimum Gasteiger partial charge on any atom is -0.497 e. The molecule has 3 rings (SSSR count). The summed E-state index contributed by atoms with van der Waals surface area (Å²) < 4.78 is 16.7. The zero-order valence-corrected chi connectivity index (χ0v) is 17.5. The Bertz CT molecular complexity index is 843. The Labute approximate surface area is 172 Å². The number of rotatable bonds is 8. The van der Waals surface area contributed by atoms with E-state index in [0.29, 0.717) is 23.7 Å². The van der Waals surface area contributed by atoms with Gasteiger partial charge in [0.2, 0.25) is 5.91 Å². The standard InChI is InChI=1S/C22H29N3O4/c1-5-25-14-17(29-21-9-7-6-8-19(21)25)13-24(2)15-22(26)23-18-12-16(27-3)10-11-20(18)28-4/h6-12,17H,5,13-15H2,1-4H3,(H,23,26). The number of ether oxygens (including phenoxy) is 3. The lowest BCUT2D eigenvalue weighted by molar-refractivity contribution is -0.117. The van der Waals surface area contributed by atoms with Gasteiger partial charge < -0.3 is 24.4 Å². The summed E-state index contributed by atoms with van der Waals surface area (Å²) in [5.41, 5.74) is 1.71. The lowest BCUT2D eigenvalue weighted by Crippen LogP contribution is -2.46. The number of hydrogen-bond donors (Lipinski definition) is 1. The highest BCUT2D eigenvalue weighted by Crippen LogP contribution is 2.33. The van der Waals surface area contributed by atoms with Crippen LogP contribution in [0.5, 0.6) is 17.2 Å². The molecule has 29 heavy (non-hydrogen) atoms. The lowest BCUT2D eigenvalue weighted by Gasteiger charge is -2.37. The average molecular weight is 399 g/mol. The van der Waals surface area contributed by atoms with E-state index in [9.17, 15) is 4.79 Å². The van der Waals surface area contributed by atoms with Crippen LogP contribution in [0.25, 0.3) is 0 Å². The maximum atomic E-state index is 12.6. The van der Waals surface area contributed by atoms with Gasteiger partial charge in [0.05, 0.1) is 38.7 Å². The second kappa shape index (κ2) is 9.52. The van der Waals surface area contributed by atoms with Crippen molar-refractivity contribution < 1.29 is 19.0 Å². The SMILES string of the molecule is CCN1CC(CN(C)CC(=O)Nc2cc(OC)ccc2OC)Oc2ccccc21. The van der Waals surface area contributed by atoms with Crippen LogP contribution < -0.4 is 24.4 Å². The van der Waals surface area contributed by atoms with Crippen molar-refractivity contribution in [3.63, 3.8) is 0 Å². The van der Waals surface area contributed by atoms with Crippen LogP contribution >= 0.6 is 0 Å². The minimum absolute atomic E-state index is 0.00555. The van der Waals surface area contributed by atoms with Gasteiger partial charge in [-0.15, -0.1) is 0 Å². The van der Waals surface area contributed by atoms with Crippen LogP contribution in [0.3, 0.4) is 0 Å². The van der Waals surface area contributed by atoms with Gasteiger partial charge in [0.15, 0.2) is 0 Å². The van der Waals surface area contributed by atoms with Crippen molar-refractivity contribution in [2.75, 3.05) is 57.7 Å². The first kappa shape index (κ1) is 20.8. The lowest BCUT2D eigenvalue weighted by atomic mass is 10.2. The van der Waals surface area contributed by atoms with E-state index in [0.717, 1.165) is 24.5 Å². The molecule has 7 nitrogen and oxygen atoms in total. The number of carbonyl (C=O) groups is 1. The Morgan fingerprint density at radius 3 is 2.76 bits per heavy atom. The second-order valence-corrected chi connectivity index (χ2v) is 7.06. The van der Waals surface area contributed by atoms with E-state index in [2.05, 4.69) is 23.2 Å². The molecule has 0 saturated heterocycles. The molecule has 0 aromatic heterocycles. The molecule has 0 radical (unpaired) electrons. The second-order valence-electron chi connectivity index (χ2n) is 7.06. The Morgan fingerprint density at radius 2 is 2.03 bits per heavy atom. The van der Waals surface area contributed by atoms with Crippen LogP contribution in [0.4, 0.5) is 11.4 Å². The number of amides is 1. The van der Waals surface area contributed by atoms with E-state index in [1.165, 1.54) is 0 Å². The first-order valence-corrected chi connectivity index (χ1v) is 9.75. The van der Waals surface area contributed by atoms with Gasteiger partial charge in [-0.3, -0.25) is 9.69 Å². The molecule has 7 heteroatoms. The Hall–Kier alpha value is -2.93. The molecular weight excluding hydrogens is 370 g/mol. The highest BCUT2D eigenvalue weighted by Gasteiger charge is 2.26.